The number of rotatable bonds is 5. The average Bonchev–Trinajstić information content (AvgIpc) is 3.04. The van der Waals surface area contributed by atoms with E-state index >= 15 is 0 Å². The van der Waals surface area contributed by atoms with Crippen LogP contribution in [0.4, 0.5) is 4.79 Å². The molecular formula is C19H38IN5O2S. The first kappa shape index (κ1) is 25.6. The number of halogens is 1. The van der Waals surface area contributed by atoms with Gasteiger partial charge in [-0.1, -0.05) is 0 Å². The molecule has 2 aliphatic heterocycles. The van der Waals surface area contributed by atoms with Crippen LogP contribution in [0.15, 0.2) is 4.99 Å². The summed E-state index contributed by atoms with van der Waals surface area (Å²) in [5.74, 6) is 2.13. The first-order valence-corrected chi connectivity index (χ1v) is 11.0. The van der Waals surface area contributed by atoms with Crippen molar-refractivity contribution in [1.29, 1.82) is 0 Å². The summed E-state index contributed by atoms with van der Waals surface area (Å²) < 4.78 is 5.78. The zero-order chi connectivity index (χ0) is 19.9. The Morgan fingerprint density at radius 2 is 1.89 bits per heavy atom. The van der Waals surface area contributed by atoms with Gasteiger partial charge in [0.1, 0.15) is 5.60 Å². The molecule has 0 bridgehead atoms. The highest BCUT2D eigenvalue weighted by Crippen LogP contribution is 2.36. The summed E-state index contributed by atoms with van der Waals surface area (Å²) in [4.78, 5) is 20.6. The highest BCUT2D eigenvalue weighted by Gasteiger charge is 2.29. The van der Waals surface area contributed by atoms with Crippen LogP contribution in [0.2, 0.25) is 0 Å². The lowest BCUT2D eigenvalue weighted by Gasteiger charge is -2.35. The summed E-state index contributed by atoms with van der Waals surface area (Å²) in [6.45, 7) is 14.0. The molecule has 0 spiro atoms. The zero-order valence-electron chi connectivity index (χ0n) is 18.0. The molecular weight excluding hydrogens is 489 g/mol. The van der Waals surface area contributed by atoms with Gasteiger partial charge in [-0.15, -0.1) is 24.0 Å². The van der Waals surface area contributed by atoms with Gasteiger partial charge in [-0.25, -0.2) is 4.79 Å². The highest BCUT2D eigenvalue weighted by molar-refractivity contribution is 14.0. The molecule has 2 N–H and O–H groups in total. The van der Waals surface area contributed by atoms with E-state index in [1.807, 2.05) is 27.8 Å². The van der Waals surface area contributed by atoms with Gasteiger partial charge >= 0.3 is 6.09 Å². The van der Waals surface area contributed by atoms with Crippen molar-refractivity contribution in [3.8, 4) is 0 Å². The molecule has 0 radical (unpaired) electrons. The van der Waals surface area contributed by atoms with E-state index in [0.29, 0.717) is 4.75 Å². The molecule has 1 amide bonds. The number of thioether (sulfide) groups is 1. The molecule has 28 heavy (non-hydrogen) atoms. The minimum atomic E-state index is -0.435. The topological polar surface area (TPSA) is 69.2 Å². The Morgan fingerprint density at radius 1 is 1.21 bits per heavy atom. The van der Waals surface area contributed by atoms with Gasteiger partial charge in [-0.3, -0.25) is 9.89 Å². The molecule has 2 saturated heterocycles. The van der Waals surface area contributed by atoms with E-state index in [0.717, 1.165) is 51.8 Å². The molecule has 7 nitrogen and oxygen atoms in total. The predicted octanol–water partition coefficient (Wildman–Crippen LogP) is 2.61. The third-order valence-electron chi connectivity index (χ3n) is 4.90. The van der Waals surface area contributed by atoms with Crippen molar-refractivity contribution >= 4 is 47.8 Å². The molecule has 2 heterocycles. The fourth-order valence-electron chi connectivity index (χ4n) is 3.28. The summed E-state index contributed by atoms with van der Waals surface area (Å²) in [7, 11) is 1.82. The van der Waals surface area contributed by atoms with Gasteiger partial charge in [0, 0.05) is 57.6 Å². The van der Waals surface area contributed by atoms with Crippen LogP contribution in [-0.4, -0.2) is 90.8 Å². The van der Waals surface area contributed by atoms with Crippen molar-refractivity contribution in [1.82, 2.24) is 20.4 Å². The number of hydrogen-bond donors (Lipinski definition) is 2. The van der Waals surface area contributed by atoms with Gasteiger partial charge in [0.05, 0.1) is 0 Å². The number of guanidine groups is 1. The SMILES string of the molecule is CN=C(NCCN1CCN(C(=O)OC(C)(C)C)CC1)NCC1(C)CCCS1.I. The number of nitrogens with zero attached hydrogens (tertiary/aromatic N) is 3. The van der Waals surface area contributed by atoms with E-state index in [9.17, 15) is 4.79 Å². The van der Waals surface area contributed by atoms with E-state index < -0.39 is 5.60 Å². The maximum atomic E-state index is 12.1. The van der Waals surface area contributed by atoms with Crippen LogP contribution in [-0.2, 0) is 4.74 Å². The molecule has 0 saturated carbocycles. The summed E-state index contributed by atoms with van der Waals surface area (Å²) in [6, 6.07) is 0. The Balaban J connectivity index is 0.00000392. The Morgan fingerprint density at radius 3 is 2.43 bits per heavy atom. The van der Waals surface area contributed by atoms with Crippen LogP contribution in [0.5, 0.6) is 0 Å². The van der Waals surface area contributed by atoms with Gasteiger partial charge in [0.25, 0.3) is 0 Å². The Hall–Kier alpha value is -0.420. The van der Waals surface area contributed by atoms with Crippen molar-refractivity contribution in [2.75, 3.05) is 58.6 Å². The summed E-state index contributed by atoms with van der Waals surface area (Å²) in [5.41, 5.74) is -0.435. The lowest BCUT2D eigenvalue weighted by atomic mass is 10.1. The van der Waals surface area contributed by atoms with Crippen LogP contribution in [0.1, 0.15) is 40.5 Å². The van der Waals surface area contributed by atoms with Crippen LogP contribution in [0.25, 0.3) is 0 Å². The second-order valence-electron chi connectivity index (χ2n) is 8.56. The molecule has 2 aliphatic rings. The highest BCUT2D eigenvalue weighted by atomic mass is 127. The third kappa shape index (κ3) is 8.94. The molecule has 0 aliphatic carbocycles. The number of aliphatic imine (C=N–C) groups is 1. The van der Waals surface area contributed by atoms with Crippen LogP contribution >= 0.6 is 35.7 Å². The van der Waals surface area contributed by atoms with Gasteiger partial charge in [0.15, 0.2) is 5.96 Å². The Kier molecular flexibility index (Phi) is 10.7. The van der Waals surface area contributed by atoms with Gasteiger partial charge in [-0.2, -0.15) is 11.8 Å². The monoisotopic (exact) mass is 527 g/mol. The van der Waals surface area contributed by atoms with Crippen molar-refractivity contribution in [3.63, 3.8) is 0 Å². The molecule has 2 fully saturated rings. The molecule has 0 aromatic carbocycles. The molecule has 9 heteroatoms. The lowest BCUT2D eigenvalue weighted by molar-refractivity contribution is 0.0147. The average molecular weight is 528 g/mol. The van der Waals surface area contributed by atoms with Crippen molar-refractivity contribution in [3.05, 3.63) is 0 Å². The molecule has 1 atom stereocenters. The van der Waals surface area contributed by atoms with Gasteiger partial charge in [-0.05, 0) is 46.3 Å². The second-order valence-corrected chi connectivity index (χ2v) is 10.2. The van der Waals surface area contributed by atoms with Gasteiger partial charge in [0.2, 0.25) is 0 Å². The largest absolute Gasteiger partial charge is 0.444 e. The number of carbonyl (C=O) groups is 1. The van der Waals surface area contributed by atoms with Crippen LogP contribution < -0.4 is 10.6 Å². The number of piperazine rings is 1. The van der Waals surface area contributed by atoms with E-state index in [1.54, 1.807) is 4.90 Å². The summed E-state index contributed by atoms with van der Waals surface area (Å²) >= 11 is 2.05. The minimum absolute atomic E-state index is 0. The van der Waals surface area contributed by atoms with Gasteiger partial charge < -0.3 is 20.3 Å². The maximum absolute atomic E-state index is 12.1. The third-order valence-corrected chi connectivity index (χ3v) is 6.44. The van der Waals surface area contributed by atoms with E-state index in [1.165, 1.54) is 18.6 Å². The van der Waals surface area contributed by atoms with Crippen molar-refractivity contribution in [2.45, 2.75) is 50.9 Å². The first-order chi connectivity index (χ1) is 12.7. The normalized spacial score (nSPS) is 23.9. The number of ether oxygens (including phenoxy) is 1. The number of amides is 1. The maximum Gasteiger partial charge on any atom is 0.410 e. The fraction of sp³-hybridized carbons (Fsp3) is 0.895. The Bertz CT molecular complexity index is 513. The quantitative estimate of drug-likeness (QED) is 0.326. The standard InChI is InChI=1S/C19H37N5O2S.HI/c1-18(2,3)26-17(25)24-12-10-23(11-13-24)9-8-21-16(20-5)22-15-19(4)7-6-14-27-19;/h6-15H2,1-5H3,(H2,20,21,22);1H. The molecule has 1 unspecified atom stereocenters. The van der Waals surface area contributed by atoms with Crippen molar-refractivity contribution in [2.24, 2.45) is 4.99 Å². The summed E-state index contributed by atoms with van der Waals surface area (Å²) in [5, 5.41) is 6.87. The van der Waals surface area contributed by atoms with E-state index in [4.69, 9.17) is 4.74 Å². The minimum Gasteiger partial charge on any atom is -0.444 e. The molecule has 0 aromatic heterocycles. The first-order valence-electron chi connectivity index (χ1n) is 9.99. The van der Waals surface area contributed by atoms with Crippen molar-refractivity contribution < 1.29 is 9.53 Å². The smallest absolute Gasteiger partial charge is 0.410 e. The van der Waals surface area contributed by atoms with E-state index in [2.05, 4.69) is 39.2 Å². The molecule has 2 rings (SSSR count). The summed E-state index contributed by atoms with van der Waals surface area (Å²) in [6.07, 6.45) is 2.37. The zero-order valence-corrected chi connectivity index (χ0v) is 21.2. The molecule has 164 valence electrons. The fourth-order valence-corrected chi connectivity index (χ4v) is 4.52. The van der Waals surface area contributed by atoms with Crippen LogP contribution in [0.3, 0.4) is 0 Å². The lowest BCUT2D eigenvalue weighted by Crippen LogP contribution is -2.52. The number of hydrogen-bond acceptors (Lipinski definition) is 5. The second kappa shape index (κ2) is 11.7. The van der Waals surface area contributed by atoms with Crippen LogP contribution in [0, 0.1) is 0 Å². The molecule has 0 aromatic rings. The number of carbonyl (C=O) groups excluding carboxylic acids is 1. The number of nitrogens with one attached hydrogen (secondary N) is 2. The predicted molar refractivity (Wildman–Crippen MR) is 129 cm³/mol. The van der Waals surface area contributed by atoms with E-state index in [-0.39, 0.29) is 30.1 Å². The Labute approximate surface area is 191 Å².